The smallest absolute Gasteiger partial charge is 0.339 e. The Morgan fingerprint density at radius 1 is 0.952 bits per heavy atom. The van der Waals surface area contributed by atoms with Gasteiger partial charge in [-0.25, -0.2) is 0 Å². The molecular weight excluding hydrogens is 284 g/mol. The van der Waals surface area contributed by atoms with Gasteiger partial charge in [0.25, 0.3) is 0 Å². The van der Waals surface area contributed by atoms with Crippen LogP contribution in [-0.4, -0.2) is 8.42 Å². The SMILES string of the molecule is Cc1ccc(S(=O)(=O)Oc2c(C)ccc3c2CCC3)cc1. The van der Waals surface area contributed by atoms with Gasteiger partial charge in [-0.3, -0.25) is 0 Å². The molecule has 0 saturated carbocycles. The predicted octanol–water partition coefficient (Wildman–Crippen LogP) is 3.56. The minimum Gasteiger partial charge on any atom is -0.378 e. The highest BCUT2D eigenvalue weighted by molar-refractivity contribution is 7.87. The van der Waals surface area contributed by atoms with Crippen LogP contribution in [0.15, 0.2) is 41.3 Å². The van der Waals surface area contributed by atoms with E-state index >= 15 is 0 Å². The normalized spacial score (nSPS) is 14.0. The van der Waals surface area contributed by atoms with Crippen LogP contribution in [0.4, 0.5) is 0 Å². The third-order valence-corrected chi connectivity index (χ3v) is 5.17. The van der Waals surface area contributed by atoms with E-state index in [-0.39, 0.29) is 4.90 Å². The second-order valence-electron chi connectivity index (χ2n) is 5.55. The van der Waals surface area contributed by atoms with E-state index in [0.717, 1.165) is 36.0 Å². The van der Waals surface area contributed by atoms with Crippen LogP contribution in [-0.2, 0) is 23.0 Å². The molecule has 4 heteroatoms. The van der Waals surface area contributed by atoms with E-state index in [0.29, 0.717) is 5.75 Å². The number of aryl methyl sites for hydroxylation is 3. The molecule has 0 N–H and O–H groups in total. The van der Waals surface area contributed by atoms with Gasteiger partial charge >= 0.3 is 10.1 Å². The van der Waals surface area contributed by atoms with Crippen LogP contribution in [0.1, 0.15) is 28.7 Å². The first-order chi connectivity index (χ1) is 9.97. The van der Waals surface area contributed by atoms with Crippen molar-refractivity contribution in [2.45, 2.75) is 38.0 Å². The summed E-state index contributed by atoms with van der Waals surface area (Å²) in [5.74, 6) is 0.519. The topological polar surface area (TPSA) is 43.4 Å². The summed E-state index contributed by atoms with van der Waals surface area (Å²) in [5, 5.41) is 0. The fourth-order valence-electron chi connectivity index (χ4n) is 2.73. The molecule has 1 aliphatic carbocycles. The minimum absolute atomic E-state index is 0.197. The Bertz CT molecular complexity index is 774. The summed E-state index contributed by atoms with van der Waals surface area (Å²) in [7, 11) is -3.77. The zero-order valence-electron chi connectivity index (χ0n) is 12.2. The third kappa shape index (κ3) is 2.68. The lowest BCUT2D eigenvalue weighted by atomic mass is 10.1. The van der Waals surface area contributed by atoms with E-state index < -0.39 is 10.1 Å². The molecule has 0 aliphatic heterocycles. The van der Waals surface area contributed by atoms with Crippen LogP contribution in [0.3, 0.4) is 0 Å². The van der Waals surface area contributed by atoms with Gasteiger partial charge in [0.05, 0.1) is 0 Å². The Morgan fingerprint density at radius 2 is 1.67 bits per heavy atom. The zero-order valence-corrected chi connectivity index (χ0v) is 13.0. The highest BCUT2D eigenvalue weighted by Gasteiger charge is 2.23. The molecule has 21 heavy (non-hydrogen) atoms. The molecule has 3 nitrogen and oxygen atoms in total. The monoisotopic (exact) mass is 302 g/mol. The standard InChI is InChI=1S/C17H18O3S/c1-12-6-10-15(11-7-12)21(18,19)20-17-13(2)8-9-14-4-3-5-16(14)17/h6-11H,3-5H2,1-2H3. The molecule has 0 saturated heterocycles. The largest absolute Gasteiger partial charge is 0.378 e. The van der Waals surface area contributed by atoms with Crippen molar-refractivity contribution < 1.29 is 12.6 Å². The summed E-state index contributed by atoms with van der Waals surface area (Å²) in [4.78, 5) is 0.197. The molecule has 0 amide bonds. The fraction of sp³-hybridized carbons (Fsp3) is 0.294. The lowest BCUT2D eigenvalue weighted by molar-refractivity contribution is 0.481. The maximum absolute atomic E-state index is 12.4. The molecule has 2 aromatic rings. The average molecular weight is 302 g/mol. The van der Waals surface area contributed by atoms with Crippen molar-refractivity contribution in [2.75, 3.05) is 0 Å². The van der Waals surface area contributed by atoms with E-state index in [9.17, 15) is 8.42 Å². The number of hydrogen-bond donors (Lipinski definition) is 0. The molecule has 2 aromatic carbocycles. The zero-order chi connectivity index (χ0) is 15.0. The summed E-state index contributed by atoms with van der Waals surface area (Å²) in [6.45, 7) is 3.81. The Labute approximate surface area is 125 Å². The van der Waals surface area contributed by atoms with Crippen molar-refractivity contribution in [3.05, 3.63) is 58.7 Å². The Morgan fingerprint density at radius 3 is 2.38 bits per heavy atom. The molecule has 0 radical (unpaired) electrons. The van der Waals surface area contributed by atoms with Gasteiger partial charge in [0, 0.05) is 0 Å². The first kappa shape index (κ1) is 14.1. The Hall–Kier alpha value is -1.81. The number of fused-ring (bicyclic) bond motifs is 1. The van der Waals surface area contributed by atoms with Gasteiger partial charge in [-0.15, -0.1) is 0 Å². The Balaban J connectivity index is 2.00. The van der Waals surface area contributed by atoms with Crippen LogP contribution in [0, 0.1) is 13.8 Å². The van der Waals surface area contributed by atoms with E-state index in [2.05, 4.69) is 6.07 Å². The lowest BCUT2D eigenvalue weighted by Gasteiger charge is -2.13. The van der Waals surface area contributed by atoms with Crippen molar-refractivity contribution >= 4 is 10.1 Å². The summed E-state index contributed by atoms with van der Waals surface area (Å²) in [6.07, 6.45) is 2.94. The molecule has 110 valence electrons. The molecule has 3 rings (SSSR count). The van der Waals surface area contributed by atoms with Crippen molar-refractivity contribution in [2.24, 2.45) is 0 Å². The summed E-state index contributed by atoms with van der Waals surface area (Å²) in [6, 6.07) is 10.7. The molecule has 0 aromatic heterocycles. The molecule has 0 unspecified atom stereocenters. The quantitative estimate of drug-likeness (QED) is 0.814. The lowest BCUT2D eigenvalue weighted by Crippen LogP contribution is -2.12. The highest BCUT2D eigenvalue weighted by atomic mass is 32.2. The molecule has 0 bridgehead atoms. The summed E-state index contributed by atoms with van der Waals surface area (Å²) >= 11 is 0. The van der Waals surface area contributed by atoms with Gasteiger partial charge in [0.15, 0.2) is 0 Å². The molecular formula is C17H18O3S. The van der Waals surface area contributed by atoms with Gasteiger partial charge in [0.1, 0.15) is 10.6 Å². The average Bonchev–Trinajstić information content (AvgIpc) is 2.91. The van der Waals surface area contributed by atoms with Gasteiger partial charge in [0.2, 0.25) is 0 Å². The van der Waals surface area contributed by atoms with Crippen LogP contribution in [0.2, 0.25) is 0 Å². The number of hydrogen-bond acceptors (Lipinski definition) is 3. The Kier molecular flexibility index (Phi) is 3.49. The van der Waals surface area contributed by atoms with Gasteiger partial charge in [-0.1, -0.05) is 29.8 Å². The molecule has 0 fully saturated rings. The van der Waals surface area contributed by atoms with Crippen LogP contribution >= 0.6 is 0 Å². The van der Waals surface area contributed by atoms with Crippen LogP contribution in [0.25, 0.3) is 0 Å². The summed E-state index contributed by atoms with van der Waals surface area (Å²) in [5.41, 5.74) is 4.14. The van der Waals surface area contributed by atoms with E-state index in [1.54, 1.807) is 24.3 Å². The molecule has 0 spiro atoms. The van der Waals surface area contributed by atoms with E-state index in [4.69, 9.17) is 4.18 Å². The number of rotatable bonds is 3. The van der Waals surface area contributed by atoms with Crippen LogP contribution < -0.4 is 4.18 Å². The van der Waals surface area contributed by atoms with Crippen molar-refractivity contribution in [1.82, 2.24) is 0 Å². The van der Waals surface area contributed by atoms with E-state index in [1.807, 2.05) is 19.9 Å². The van der Waals surface area contributed by atoms with Crippen molar-refractivity contribution in [3.63, 3.8) is 0 Å². The second-order valence-corrected chi connectivity index (χ2v) is 7.10. The fourth-order valence-corrected chi connectivity index (χ4v) is 3.75. The second kappa shape index (κ2) is 5.19. The maximum atomic E-state index is 12.4. The van der Waals surface area contributed by atoms with Crippen LogP contribution in [0.5, 0.6) is 5.75 Å². The third-order valence-electron chi connectivity index (χ3n) is 3.93. The van der Waals surface area contributed by atoms with E-state index in [1.165, 1.54) is 5.56 Å². The van der Waals surface area contributed by atoms with Crippen molar-refractivity contribution in [3.8, 4) is 5.75 Å². The molecule has 0 atom stereocenters. The molecule has 1 aliphatic rings. The number of benzene rings is 2. The molecule has 0 heterocycles. The predicted molar refractivity (Wildman–Crippen MR) is 82.2 cm³/mol. The first-order valence-corrected chi connectivity index (χ1v) is 8.51. The maximum Gasteiger partial charge on any atom is 0.339 e. The first-order valence-electron chi connectivity index (χ1n) is 7.10. The highest BCUT2D eigenvalue weighted by Crippen LogP contribution is 2.35. The van der Waals surface area contributed by atoms with Gasteiger partial charge in [-0.05, 0) is 61.9 Å². The van der Waals surface area contributed by atoms with Gasteiger partial charge in [-0.2, -0.15) is 8.42 Å². The summed E-state index contributed by atoms with van der Waals surface area (Å²) < 4.78 is 30.4. The minimum atomic E-state index is -3.77. The van der Waals surface area contributed by atoms with Gasteiger partial charge < -0.3 is 4.18 Å². The van der Waals surface area contributed by atoms with Crippen molar-refractivity contribution in [1.29, 1.82) is 0 Å².